The Morgan fingerprint density at radius 2 is 0.703 bits per heavy atom. The van der Waals surface area contributed by atoms with Crippen molar-refractivity contribution in [2.45, 2.75) is 107 Å². The monoisotopic (exact) mass is 616 g/mol. The van der Waals surface area contributed by atoms with Gasteiger partial charge in [-0.1, -0.05) is 41.5 Å². The summed E-state index contributed by atoms with van der Waals surface area (Å²) in [5.41, 5.74) is 0.131. The van der Waals surface area contributed by atoms with E-state index in [9.17, 15) is 0 Å². The molecule has 0 unspecified atom stereocenters. The largest absolute Gasteiger partial charge is 0.501 e. The van der Waals surface area contributed by atoms with E-state index in [0.717, 1.165) is 23.6 Å². The van der Waals surface area contributed by atoms with Crippen LogP contribution in [-0.4, -0.2) is 75.1 Å². The zero-order valence-electron chi connectivity index (χ0n) is 26.3. The van der Waals surface area contributed by atoms with Gasteiger partial charge in [0.15, 0.2) is 6.37 Å². The summed E-state index contributed by atoms with van der Waals surface area (Å²) in [6.45, 7) is 30.1. The van der Waals surface area contributed by atoms with Gasteiger partial charge in [-0.25, -0.2) is 0 Å². The van der Waals surface area contributed by atoms with E-state index in [-0.39, 0.29) is 10.8 Å². The lowest BCUT2D eigenvalue weighted by Gasteiger charge is -2.39. The minimum absolute atomic E-state index is 0.0655. The Hall–Kier alpha value is 1.11. The molecule has 0 fully saturated rings. The predicted molar refractivity (Wildman–Crippen MR) is 170 cm³/mol. The fourth-order valence-electron chi connectivity index (χ4n) is 4.50. The Morgan fingerprint density at radius 1 is 0.459 bits per heavy atom. The lowest BCUT2D eigenvalue weighted by atomic mass is 10.00. The first kappa shape index (κ1) is 38.1. The molecule has 37 heavy (non-hydrogen) atoms. The van der Waals surface area contributed by atoms with Gasteiger partial charge in [-0.15, -0.1) is 0 Å². The zero-order chi connectivity index (χ0) is 28.6. The standard InChI is InChI=1S/C26H60O6S2Si3/c1-13-27-36(28-14-2,29-15-3)23-25(9,10)21-33-35(19-7,20-8)34-22-26(11,12)24-37(30-16-4,31-17-5)32-18-6/h13-24H2,1-12H3. The van der Waals surface area contributed by atoms with Gasteiger partial charge in [0.1, 0.15) is 0 Å². The lowest BCUT2D eigenvalue weighted by Crippen LogP contribution is -2.50. The Kier molecular flexibility index (Phi) is 19.1. The molecule has 0 saturated heterocycles. The molecular weight excluding hydrogens is 557 g/mol. The summed E-state index contributed by atoms with van der Waals surface area (Å²) in [5, 5.41) is 0. The van der Waals surface area contributed by atoms with E-state index in [4.69, 9.17) is 26.6 Å². The fourth-order valence-corrected chi connectivity index (χ4v) is 22.6. The lowest BCUT2D eigenvalue weighted by molar-refractivity contribution is 0.0624. The fraction of sp³-hybridized carbons (Fsp3) is 1.00. The maximum atomic E-state index is 6.19. The highest BCUT2D eigenvalue weighted by Crippen LogP contribution is 2.47. The Balaban J connectivity index is 5.53. The Morgan fingerprint density at radius 3 is 0.892 bits per heavy atom. The van der Waals surface area contributed by atoms with Crippen LogP contribution in [0.3, 0.4) is 0 Å². The van der Waals surface area contributed by atoms with Crippen LogP contribution in [-0.2, 0) is 26.6 Å². The molecule has 0 aliphatic carbocycles. The zero-order valence-corrected chi connectivity index (χ0v) is 30.9. The molecule has 0 saturated carbocycles. The topological polar surface area (TPSA) is 55.4 Å². The molecule has 0 aromatic carbocycles. The maximum absolute atomic E-state index is 6.19. The molecule has 0 aliphatic rings. The predicted octanol–water partition coefficient (Wildman–Crippen LogP) is 8.08. The van der Waals surface area contributed by atoms with Crippen molar-refractivity contribution in [2.75, 3.05) is 51.1 Å². The minimum Gasteiger partial charge on any atom is -0.374 e. The van der Waals surface area contributed by atoms with Gasteiger partial charge in [0.25, 0.3) is 0 Å². The van der Waals surface area contributed by atoms with Crippen molar-refractivity contribution < 1.29 is 26.6 Å². The molecule has 11 heteroatoms. The van der Waals surface area contributed by atoms with Gasteiger partial charge in [-0.05, 0) is 76.0 Å². The number of rotatable bonds is 24. The molecule has 0 spiro atoms. The van der Waals surface area contributed by atoms with Crippen LogP contribution >= 0.6 is 22.4 Å². The van der Waals surface area contributed by atoms with Crippen molar-refractivity contribution in [3.63, 3.8) is 0 Å². The summed E-state index contributed by atoms with van der Waals surface area (Å²) in [4.78, 5) is 0. The minimum atomic E-state index is -2.69. The first-order valence-electron chi connectivity index (χ1n) is 14.4. The molecule has 6 nitrogen and oxygen atoms in total. The van der Waals surface area contributed by atoms with Crippen molar-refractivity contribution in [1.29, 1.82) is 0 Å². The van der Waals surface area contributed by atoms with E-state index >= 15 is 0 Å². The van der Waals surface area contributed by atoms with E-state index in [1.165, 1.54) is 12.1 Å². The van der Waals surface area contributed by atoms with Gasteiger partial charge in [-0.3, -0.25) is 0 Å². The van der Waals surface area contributed by atoms with Gasteiger partial charge in [0.2, 0.25) is 0 Å². The van der Waals surface area contributed by atoms with E-state index in [1.807, 2.05) is 41.5 Å². The highest BCUT2D eigenvalue weighted by atomic mass is 32.6. The van der Waals surface area contributed by atoms with Crippen LogP contribution in [0.1, 0.15) is 83.1 Å². The molecule has 0 aromatic rings. The second-order valence-electron chi connectivity index (χ2n) is 10.8. The quantitative estimate of drug-likeness (QED) is 0.101. The molecule has 0 bridgehead atoms. The van der Waals surface area contributed by atoms with Crippen LogP contribution in [0.5, 0.6) is 0 Å². The molecule has 0 aliphatic heterocycles. The second-order valence-corrected chi connectivity index (χ2v) is 27.6. The third kappa shape index (κ3) is 14.0. The van der Waals surface area contributed by atoms with Crippen molar-refractivity contribution in [3.05, 3.63) is 0 Å². The molecule has 224 valence electrons. The normalized spacial score (nSPS) is 13.9. The SMILES string of the molecule is CCO[Si](CC(C)(C)CS[Si](CC)(CC)SCC(C)(C)C[Si](OCC)(OCC)OCC)(OCC)OCC. The highest BCUT2D eigenvalue weighted by Gasteiger charge is 2.48. The summed E-state index contributed by atoms with van der Waals surface area (Å²) in [7, 11) is -5.38. The summed E-state index contributed by atoms with van der Waals surface area (Å²) >= 11 is 4.47. The van der Waals surface area contributed by atoms with Crippen LogP contribution in [0.15, 0.2) is 0 Å². The highest BCUT2D eigenvalue weighted by molar-refractivity contribution is 8.58. The molecule has 0 amide bonds. The first-order chi connectivity index (χ1) is 17.3. The molecule has 0 heterocycles. The molecule has 0 aromatic heterocycles. The first-order valence-corrected chi connectivity index (χ1v) is 24.1. The third-order valence-electron chi connectivity index (χ3n) is 6.10. The van der Waals surface area contributed by atoms with Crippen molar-refractivity contribution >= 4 is 46.4 Å². The van der Waals surface area contributed by atoms with Crippen LogP contribution in [0.2, 0.25) is 24.2 Å². The van der Waals surface area contributed by atoms with Crippen molar-refractivity contribution in [3.8, 4) is 0 Å². The summed E-state index contributed by atoms with van der Waals surface area (Å²) in [6.07, 6.45) is -1.61. The van der Waals surface area contributed by atoms with E-state index in [0.29, 0.717) is 39.6 Å². The van der Waals surface area contributed by atoms with Crippen molar-refractivity contribution in [2.24, 2.45) is 10.8 Å². The van der Waals surface area contributed by atoms with Crippen LogP contribution in [0.4, 0.5) is 0 Å². The van der Waals surface area contributed by atoms with E-state index < -0.39 is 24.0 Å². The molecule has 0 rings (SSSR count). The second kappa shape index (κ2) is 18.5. The average Bonchev–Trinajstić information content (AvgIpc) is 2.80. The summed E-state index contributed by atoms with van der Waals surface area (Å²) in [5.74, 6) is 2.18. The Labute approximate surface area is 241 Å². The van der Waals surface area contributed by atoms with E-state index in [1.54, 1.807) is 0 Å². The molecular formula is C26H60O6S2Si3. The maximum Gasteiger partial charge on any atom is 0.501 e. The molecule has 0 radical (unpaired) electrons. The van der Waals surface area contributed by atoms with Gasteiger partial charge in [0.05, 0.1) is 0 Å². The van der Waals surface area contributed by atoms with Crippen LogP contribution < -0.4 is 0 Å². The molecule has 0 atom stereocenters. The molecule has 0 N–H and O–H groups in total. The summed E-state index contributed by atoms with van der Waals surface area (Å²) < 4.78 is 37.1. The van der Waals surface area contributed by atoms with Gasteiger partial charge < -0.3 is 26.6 Å². The van der Waals surface area contributed by atoms with Gasteiger partial charge in [-0.2, -0.15) is 22.4 Å². The number of hydrogen-bond donors (Lipinski definition) is 0. The van der Waals surface area contributed by atoms with Crippen LogP contribution in [0.25, 0.3) is 0 Å². The smallest absolute Gasteiger partial charge is 0.374 e. The third-order valence-corrected chi connectivity index (χ3v) is 27.9. The average molecular weight is 617 g/mol. The van der Waals surface area contributed by atoms with Gasteiger partial charge >= 0.3 is 17.6 Å². The van der Waals surface area contributed by atoms with Gasteiger partial charge in [0, 0.05) is 51.7 Å². The van der Waals surface area contributed by atoms with Crippen LogP contribution in [0, 0.1) is 10.8 Å². The number of hydrogen-bond acceptors (Lipinski definition) is 8. The van der Waals surface area contributed by atoms with Crippen molar-refractivity contribution in [1.82, 2.24) is 0 Å². The van der Waals surface area contributed by atoms with E-state index in [2.05, 4.69) is 64.0 Å². The Bertz CT molecular complexity index is 515. The summed E-state index contributed by atoms with van der Waals surface area (Å²) in [6, 6.07) is 4.20.